The summed E-state index contributed by atoms with van der Waals surface area (Å²) >= 11 is 32.0. The number of thioether (sulfide) groups is 2. The Balaban J connectivity index is 0.000000126. The Morgan fingerprint density at radius 1 is 0.412 bits per heavy atom. The molecule has 22 rings (SSSR count). The first-order valence-electron chi connectivity index (χ1n) is 39.7. The number of aromatic nitrogens is 21. The van der Waals surface area contributed by atoms with Crippen molar-refractivity contribution in [3.63, 3.8) is 0 Å². The van der Waals surface area contributed by atoms with Gasteiger partial charge in [0.1, 0.15) is 93.9 Å². The van der Waals surface area contributed by atoms with Gasteiger partial charge in [0, 0.05) is 18.6 Å². The second kappa shape index (κ2) is 36.5. The molecule has 20 N–H and O–H groups in total. The minimum atomic E-state index is -5.13. The van der Waals surface area contributed by atoms with Gasteiger partial charge in [0.15, 0.2) is 93.9 Å². The number of alkyl halides is 3. The number of anilines is 6. The number of H-pyrrole nitrogens is 3. The Hall–Kier alpha value is -6.99. The molecule has 8 bridgehead atoms. The molecule has 0 saturated carbocycles. The smallest absolute Gasteiger partial charge is 0.397 e. The lowest BCUT2D eigenvalue weighted by Crippen LogP contribution is -2.45. The molecule has 0 aliphatic carbocycles. The SMILES string of the molecule is Nc1nc2c(ncn2[C@@H]2O[C@@H]3COP(=S)(S)O[C@H]4[C@H](F)[C@H](n5cnc6c(N)ccnc65)O[C@@H]4COP(=O)(O)O[C@@H]2[C@@H]3F)c(=O)[nH]1.Nc1nc2c(ncn2[C@@H]2S[C@@H]3COP(=S)(S)O[C@H]4[C@H](F)[C@H](n5cnc6c(N)ccnc65)O[C@@H]4COP(=O)(O)O[C@@H]2[C@@H]3O)c(=O)[nH]1.Nc1nc2c(ncn2[C@@H]2S[C@@H]3COP(=S)(S)O[C@H]4[C@H]5OC[C@]4(COP(=O)(O)O[C@@H]2[C@@H]3O)O[C@H]5n2cnc3c(N)ccnc32)c(=O)[nH]1. The number of ether oxygens (including phenoxy) is 5. The number of halogens is 3. The van der Waals surface area contributed by atoms with Crippen LogP contribution in [0.1, 0.15) is 35.7 Å². The summed E-state index contributed by atoms with van der Waals surface area (Å²) in [6.07, 6.45) is -15.5. The van der Waals surface area contributed by atoms with E-state index < -0.39 is 227 Å². The predicted molar refractivity (Wildman–Crippen MR) is 490 cm³/mol. The Labute approximate surface area is 794 Å². The zero-order valence-corrected chi connectivity index (χ0v) is 80.1. The Kier molecular flexibility index (Phi) is 25.9. The van der Waals surface area contributed by atoms with Crippen LogP contribution >= 0.6 is 101 Å². The highest BCUT2D eigenvalue weighted by molar-refractivity contribution is 8.60. The number of rotatable bonds is 6. The van der Waals surface area contributed by atoms with E-state index in [0.717, 1.165) is 34.4 Å². The number of phosphoric ester groups is 3. The van der Waals surface area contributed by atoms with Gasteiger partial charge < -0.3 is 110 Å². The number of thiol groups is 3. The summed E-state index contributed by atoms with van der Waals surface area (Å²) in [6, 6.07) is 4.67. The lowest BCUT2D eigenvalue weighted by Gasteiger charge is -2.33. The monoisotopic (exact) mass is 2170 g/mol. The number of nitrogen functional groups attached to an aromatic ring is 6. The van der Waals surface area contributed by atoms with Gasteiger partial charge in [-0.1, -0.05) is 36.7 Å². The summed E-state index contributed by atoms with van der Waals surface area (Å²) in [7, 11) is -15.0. The van der Waals surface area contributed by atoms with E-state index in [-0.39, 0.29) is 82.5 Å². The number of aliphatic hydroxyl groups excluding tert-OH is 2. The molecule has 10 saturated heterocycles. The standard InChI is InChI=1S/C22H25N9O10P2S3.C21H23F2N9O9P2S2.C21H24FN9O9P2S3/c23-8-1-2-25-16-10(8)26-6-30(16)19-14-15-22(39-19,4-36-14)5-38-42(34,35)40-13-12(32)9(3-37-43(44,45)41-15)46-20(13)31-7-27-11-17(31)28-21(24)29-18(11)33;22-10-8-3-37-43(44,45)41-14-9(39-19(11(14)23)31-5-27-12-7(24)1-2-26-16(12)31)4-36-42(34,35)40-15(10)20(38-8)32-6-28-13-17(32)29-21(25)30-18(13)33;22-10-14-8(38-19(10)30-5-26-11-7(23)1-2-25-16(11)30)3-36-41(34,35)39-15-13(32)9(4-37-42(43,44)40-14)45-20(15)31-6-27-12-17(31)28-21(24)29-18(12)33/h1-2,6-7,9,12-15,19-20,32H,3-5H2,(H2,23,25)(H,34,35)(H,44,45)(H3,24,28,29,33);1-2,5-6,8-11,14-15,19-20H,3-4H2,(H2,24,26)(H,34,35)(H,44,45)(H3,25,29,30,33);1-2,5-6,8-10,13-15,19-20,32H,3-4H2,(H2,23,25)(H,34,35)(H,43,44)(H3,24,28,29,33)/t9-,12-,13-,14-,15+,19-,20-,22-;8-,9-,10-,11+,14-,15-,19-,20-;8-,9-,10+,13-,14-,15-,19-,20-/m111/s1. The molecule has 0 amide bonds. The number of aliphatic hydroxyl groups is 2. The number of hydrogen-bond donors (Lipinski definition) is 17. The van der Waals surface area contributed by atoms with Crippen LogP contribution < -0.4 is 51.1 Å². The van der Waals surface area contributed by atoms with Crippen LogP contribution in [-0.4, -0.2) is 281 Å². The van der Waals surface area contributed by atoms with Gasteiger partial charge in [-0.2, -0.15) is 15.0 Å². The summed E-state index contributed by atoms with van der Waals surface area (Å²) in [6.45, 7) is -3.18. The number of nitrogens with zero attached hydrogens (tertiary/aromatic N) is 18. The molecule has 12 aromatic heterocycles. The predicted octanol–water partition coefficient (Wildman–Crippen LogP) is 2.73. The maximum absolute atomic E-state index is 16.1. The second-order valence-corrected chi connectivity index (χ2v) is 54.1. The van der Waals surface area contributed by atoms with Gasteiger partial charge in [-0.05, 0) is 53.6 Å². The van der Waals surface area contributed by atoms with E-state index in [1.54, 1.807) is 10.6 Å². The molecule has 55 nitrogen and oxygen atoms in total. The largest absolute Gasteiger partial charge is 0.472 e. The topological polar surface area (TPSA) is 748 Å². The van der Waals surface area contributed by atoms with Crippen LogP contribution in [0, 0.1) is 0 Å². The highest BCUT2D eigenvalue weighted by Crippen LogP contribution is 2.66. The lowest BCUT2D eigenvalue weighted by molar-refractivity contribution is -0.184. The van der Waals surface area contributed by atoms with E-state index in [1.807, 2.05) is 0 Å². The van der Waals surface area contributed by atoms with Crippen molar-refractivity contribution in [1.29, 1.82) is 0 Å². The van der Waals surface area contributed by atoms with Crippen molar-refractivity contribution in [2.24, 2.45) is 0 Å². The molecule has 0 radical (unpaired) electrons. The first-order valence-corrected chi connectivity index (χ1v) is 57.4. The quantitative estimate of drug-likeness (QED) is 0.0840. The van der Waals surface area contributed by atoms with E-state index in [0.29, 0.717) is 39.3 Å². The normalized spacial score (nSPS) is 38.4. The highest BCUT2D eigenvalue weighted by Gasteiger charge is 2.66. The Bertz CT molecular complexity index is 6980. The molecule has 12 aromatic rings. The maximum Gasteiger partial charge on any atom is 0.472 e. The summed E-state index contributed by atoms with van der Waals surface area (Å²) in [5.74, 6) is -0.638. The van der Waals surface area contributed by atoms with Crippen molar-refractivity contribution in [3.8, 4) is 0 Å². The molecule has 10 aliphatic rings. The van der Waals surface area contributed by atoms with Crippen molar-refractivity contribution in [1.82, 2.24) is 102 Å². The van der Waals surface area contributed by atoms with Crippen LogP contribution in [0.2, 0.25) is 0 Å². The summed E-state index contributed by atoms with van der Waals surface area (Å²) in [5, 5.41) is 19.0. The number of nitrogens with two attached hydrogens (primary N) is 6. The van der Waals surface area contributed by atoms with Gasteiger partial charge in [-0.15, -0.1) is 23.5 Å². The van der Waals surface area contributed by atoms with Crippen molar-refractivity contribution in [2.45, 2.75) is 144 Å². The van der Waals surface area contributed by atoms with Crippen molar-refractivity contribution in [2.75, 3.05) is 80.7 Å². The molecule has 30 atom stereocenters. The van der Waals surface area contributed by atoms with Gasteiger partial charge in [0.25, 0.3) is 16.7 Å². The summed E-state index contributed by atoms with van der Waals surface area (Å²) in [4.78, 5) is 126. The van der Waals surface area contributed by atoms with Crippen LogP contribution in [0.25, 0.3) is 67.0 Å². The van der Waals surface area contributed by atoms with Gasteiger partial charge >= 0.3 is 23.5 Å². The molecule has 0 aromatic carbocycles. The fraction of sp³-hybridized carbons (Fsp3) is 0.484. The Morgan fingerprint density at radius 2 is 0.765 bits per heavy atom. The average molecular weight is 2170 g/mol. The Morgan fingerprint density at radius 3 is 1.20 bits per heavy atom. The van der Waals surface area contributed by atoms with Gasteiger partial charge in [0.05, 0.1) is 124 Å². The van der Waals surface area contributed by atoms with Crippen molar-refractivity contribution >= 4 is 238 Å². The van der Waals surface area contributed by atoms with Crippen LogP contribution in [0.5, 0.6) is 0 Å². The van der Waals surface area contributed by atoms with Crippen LogP contribution in [-0.2, 0) is 127 Å². The van der Waals surface area contributed by atoms with Gasteiger partial charge in [0.2, 0.25) is 34.9 Å². The number of hydrogen-bond acceptors (Lipinski definition) is 48. The summed E-state index contributed by atoms with van der Waals surface area (Å²) < 4.78 is 194. The van der Waals surface area contributed by atoms with Gasteiger partial charge in [-0.25, -0.2) is 71.7 Å². The molecule has 10 aliphatic heterocycles. The van der Waals surface area contributed by atoms with E-state index >= 15 is 13.2 Å². The second-order valence-electron chi connectivity index (χ2n) is 31.4. The molecule has 22 heterocycles. The number of aromatic amines is 3. The third kappa shape index (κ3) is 18.2. The number of nitrogens with one attached hydrogen (secondary N) is 3. The van der Waals surface area contributed by atoms with E-state index in [9.17, 15) is 53.0 Å². The first-order chi connectivity index (χ1) is 64.5. The molecule has 136 heavy (non-hydrogen) atoms. The molecule has 72 heteroatoms. The third-order valence-electron chi connectivity index (χ3n) is 22.9. The molecular formula is C64H72F3N27O28P6S8. The lowest BCUT2D eigenvalue weighted by atomic mass is 10.0. The van der Waals surface area contributed by atoms with E-state index in [4.69, 9.17) is 148 Å². The van der Waals surface area contributed by atoms with Crippen LogP contribution in [0.4, 0.5) is 48.1 Å². The minimum absolute atomic E-state index is 0.0303. The average Bonchev–Trinajstić information content (AvgIpc) is 1.55. The number of imidazole rings is 6. The first kappa shape index (κ1) is 96.5. The fourth-order valence-electron chi connectivity index (χ4n) is 16.7. The number of fused-ring (bicyclic) bond motifs is 14. The molecule has 730 valence electrons. The zero-order chi connectivity index (χ0) is 95.8. The van der Waals surface area contributed by atoms with Crippen molar-refractivity contribution < 1.29 is 130 Å². The molecule has 6 unspecified atom stereocenters. The number of phosphoric acid groups is 3. The molecule has 0 spiro atoms. The van der Waals surface area contributed by atoms with Gasteiger partial charge in [-0.3, -0.25) is 83.9 Å². The fourth-order valence-corrected chi connectivity index (χ4v) is 28.8. The molecule has 10 fully saturated rings. The number of pyridine rings is 3. The van der Waals surface area contributed by atoms with Crippen molar-refractivity contribution in [3.05, 3.63) is 106 Å². The third-order valence-corrected chi connectivity index (χ3v) is 35.4. The molecular weight excluding hydrogens is 2090 g/mol. The highest BCUT2D eigenvalue weighted by atomic mass is 32.9. The van der Waals surface area contributed by atoms with Crippen LogP contribution in [0.15, 0.2) is 89.1 Å². The van der Waals surface area contributed by atoms with E-state index in [1.165, 1.54) is 80.6 Å². The van der Waals surface area contributed by atoms with Crippen LogP contribution in [0.3, 0.4) is 0 Å². The maximum atomic E-state index is 16.1. The zero-order valence-electron chi connectivity index (χ0n) is 68.0. The van der Waals surface area contributed by atoms with E-state index in [2.05, 4.69) is 112 Å². The summed E-state index contributed by atoms with van der Waals surface area (Å²) in [5.41, 5.74) is 23.9. The minimum Gasteiger partial charge on any atom is -0.397 e.